The van der Waals surface area contributed by atoms with Crippen LogP contribution < -0.4 is 5.32 Å². The van der Waals surface area contributed by atoms with Crippen LogP contribution in [0.15, 0.2) is 45.8 Å². The normalized spacial score (nSPS) is 11.6. The molecular weight excluding hydrogens is 419 g/mol. The third-order valence-electron chi connectivity index (χ3n) is 3.18. The van der Waals surface area contributed by atoms with Crippen molar-refractivity contribution >= 4 is 58.4 Å². The number of carbonyl (C=O) groups is 1. The number of hydrogen-bond acceptors (Lipinski definition) is 5. The van der Waals surface area contributed by atoms with Crippen molar-refractivity contribution in [3.05, 3.63) is 52.3 Å². The predicted octanol–water partition coefficient (Wildman–Crippen LogP) is 3.85. The van der Waals surface area contributed by atoms with Crippen molar-refractivity contribution in [3.8, 4) is 0 Å². The molecule has 9 heteroatoms. The Kier molecular flexibility index (Phi) is 4.41. The number of benzene rings is 2. The van der Waals surface area contributed by atoms with Crippen LogP contribution in [0.3, 0.4) is 0 Å². The Labute approximate surface area is 149 Å². The Morgan fingerprint density at radius 1 is 1.25 bits per heavy atom. The van der Waals surface area contributed by atoms with Crippen molar-refractivity contribution in [3.63, 3.8) is 0 Å². The number of hydrogen-bond donors (Lipinski definition) is 1. The molecule has 2 aromatic carbocycles. The summed E-state index contributed by atoms with van der Waals surface area (Å²) in [4.78, 5) is 16.6. The van der Waals surface area contributed by atoms with E-state index in [1.54, 1.807) is 6.07 Å². The highest BCUT2D eigenvalue weighted by Gasteiger charge is 2.15. The maximum absolute atomic E-state index is 13.7. The molecule has 0 aliphatic rings. The number of amides is 1. The molecule has 0 aliphatic heterocycles. The monoisotopic (exact) mass is 428 g/mol. The van der Waals surface area contributed by atoms with Crippen molar-refractivity contribution < 1.29 is 17.6 Å². The standard InChI is InChI=1S/C15H10BrFN2O3S2/c1-24(21,22)9-3-5-12-13(7-9)23-15(18-12)19-14(20)10-6-8(16)2-4-11(10)17/h2-7H,1H3,(H,18,19,20). The second-order valence-electron chi connectivity index (χ2n) is 5.00. The van der Waals surface area contributed by atoms with Gasteiger partial charge < -0.3 is 0 Å². The first-order valence-electron chi connectivity index (χ1n) is 6.61. The van der Waals surface area contributed by atoms with Crippen molar-refractivity contribution in [2.24, 2.45) is 0 Å². The van der Waals surface area contributed by atoms with Gasteiger partial charge in [-0.15, -0.1) is 0 Å². The fraction of sp³-hybridized carbons (Fsp3) is 0.0667. The molecule has 1 aromatic heterocycles. The lowest BCUT2D eigenvalue weighted by atomic mass is 10.2. The zero-order valence-corrected chi connectivity index (χ0v) is 15.4. The second-order valence-corrected chi connectivity index (χ2v) is 8.96. The fourth-order valence-corrected chi connectivity index (χ4v) is 4.01. The Morgan fingerprint density at radius 3 is 2.71 bits per heavy atom. The molecule has 124 valence electrons. The van der Waals surface area contributed by atoms with Crippen LogP contribution in [0.5, 0.6) is 0 Å². The average molecular weight is 429 g/mol. The Balaban J connectivity index is 1.93. The molecule has 1 heterocycles. The van der Waals surface area contributed by atoms with Gasteiger partial charge in [-0.1, -0.05) is 27.3 Å². The van der Waals surface area contributed by atoms with E-state index in [0.717, 1.165) is 17.6 Å². The van der Waals surface area contributed by atoms with Crippen molar-refractivity contribution in [1.82, 2.24) is 4.98 Å². The predicted molar refractivity (Wildman–Crippen MR) is 94.8 cm³/mol. The summed E-state index contributed by atoms with van der Waals surface area (Å²) in [6.07, 6.45) is 1.12. The van der Waals surface area contributed by atoms with Crippen molar-refractivity contribution in [2.75, 3.05) is 11.6 Å². The van der Waals surface area contributed by atoms with E-state index in [0.29, 0.717) is 14.7 Å². The minimum absolute atomic E-state index is 0.111. The molecule has 0 aliphatic carbocycles. The van der Waals surface area contributed by atoms with Crippen LogP contribution >= 0.6 is 27.3 Å². The van der Waals surface area contributed by atoms with Gasteiger partial charge in [0.1, 0.15) is 5.82 Å². The zero-order chi connectivity index (χ0) is 17.5. The van der Waals surface area contributed by atoms with Gasteiger partial charge in [-0.05, 0) is 36.4 Å². The molecular formula is C15H10BrFN2O3S2. The maximum Gasteiger partial charge on any atom is 0.260 e. The quantitative estimate of drug-likeness (QED) is 0.686. The average Bonchev–Trinajstić information content (AvgIpc) is 2.89. The Bertz CT molecular complexity index is 1060. The molecule has 0 unspecified atom stereocenters. The van der Waals surface area contributed by atoms with E-state index < -0.39 is 21.6 Å². The Hall–Kier alpha value is -1.84. The van der Waals surface area contributed by atoms with E-state index in [-0.39, 0.29) is 15.6 Å². The number of aromatic nitrogens is 1. The number of sulfone groups is 1. The molecule has 1 N–H and O–H groups in total. The van der Waals surface area contributed by atoms with Crippen LogP contribution in [-0.4, -0.2) is 25.6 Å². The van der Waals surface area contributed by atoms with E-state index in [9.17, 15) is 17.6 Å². The molecule has 0 radical (unpaired) electrons. The molecule has 0 spiro atoms. The zero-order valence-electron chi connectivity index (χ0n) is 12.2. The molecule has 24 heavy (non-hydrogen) atoms. The second kappa shape index (κ2) is 6.23. The lowest BCUT2D eigenvalue weighted by molar-refractivity contribution is 0.102. The van der Waals surface area contributed by atoms with E-state index >= 15 is 0 Å². The van der Waals surface area contributed by atoms with Crippen LogP contribution in [0.25, 0.3) is 10.2 Å². The van der Waals surface area contributed by atoms with Gasteiger partial charge in [0.2, 0.25) is 0 Å². The molecule has 0 atom stereocenters. The van der Waals surface area contributed by atoms with Gasteiger partial charge in [0.05, 0.1) is 20.7 Å². The van der Waals surface area contributed by atoms with Gasteiger partial charge in [0.25, 0.3) is 5.91 Å². The molecule has 5 nitrogen and oxygen atoms in total. The number of fused-ring (bicyclic) bond motifs is 1. The smallest absolute Gasteiger partial charge is 0.260 e. The maximum atomic E-state index is 13.7. The molecule has 3 aromatic rings. The van der Waals surface area contributed by atoms with Gasteiger partial charge >= 0.3 is 0 Å². The van der Waals surface area contributed by atoms with Gasteiger partial charge in [-0.25, -0.2) is 17.8 Å². The minimum atomic E-state index is -3.32. The van der Waals surface area contributed by atoms with E-state index in [1.807, 2.05) is 0 Å². The summed E-state index contributed by atoms with van der Waals surface area (Å²) in [5, 5.41) is 2.80. The van der Waals surface area contributed by atoms with Crippen molar-refractivity contribution in [1.29, 1.82) is 0 Å². The molecule has 0 bridgehead atoms. The van der Waals surface area contributed by atoms with Gasteiger partial charge in [0.15, 0.2) is 15.0 Å². The third kappa shape index (κ3) is 3.47. The summed E-state index contributed by atoms with van der Waals surface area (Å²) < 4.78 is 38.1. The molecule has 0 fully saturated rings. The van der Waals surface area contributed by atoms with Gasteiger partial charge in [-0.3, -0.25) is 10.1 Å². The van der Waals surface area contributed by atoms with Gasteiger partial charge in [-0.2, -0.15) is 0 Å². The minimum Gasteiger partial charge on any atom is -0.298 e. The highest BCUT2D eigenvalue weighted by molar-refractivity contribution is 9.10. The topological polar surface area (TPSA) is 76.1 Å². The van der Waals surface area contributed by atoms with E-state index in [4.69, 9.17) is 0 Å². The number of nitrogens with one attached hydrogen (secondary N) is 1. The van der Waals surface area contributed by atoms with Crippen LogP contribution in [0.4, 0.5) is 9.52 Å². The number of carbonyl (C=O) groups excluding carboxylic acids is 1. The first-order valence-corrected chi connectivity index (χ1v) is 10.1. The number of halogens is 2. The molecule has 1 amide bonds. The highest BCUT2D eigenvalue weighted by Crippen LogP contribution is 2.28. The number of anilines is 1. The number of nitrogens with zero attached hydrogens (tertiary/aromatic N) is 1. The van der Waals surface area contributed by atoms with Crippen LogP contribution in [0, 0.1) is 5.82 Å². The molecule has 0 saturated carbocycles. The van der Waals surface area contributed by atoms with Crippen LogP contribution in [0.2, 0.25) is 0 Å². The SMILES string of the molecule is CS(=O)(=O)c1ccc2nc(NC(=O)c3cc(Br)ccc3F)sc2c1. The van der Waals surface area contributed by atoms with E-state index in [2.05, 4.69) is 26.2 Å². The largest absolute Gasteiger partial charge is 0.298 e. The van der Waals surface area contributed by atoms with E-state index in [1.165, 1.54) is 30.3 Å². The van der Waals surface area contributed by atoms with Gasteiger partial charge in [0, 0.05) is 10.7 Å². The number of thiazole rings is 1. The van der Waals surface area contributed by atoms with Crippen LogP contribution in [-0.2, 0) is 9.84 Å². The number of rotatable bonds is 3. The summed E-state index contributed by atoms with van der Waals surface area (Å²) in [7, 11) is -3.32. The summed E-state index contributed by atoms with van der Waals surface area (Å²) in [5.74, 6) is -1.27. The molecule has 0 saturated heterocycles. The van der Waals surface area contributed by atoms with Crippen LogP contribution in [0.1, 0.15) is 10.4 Å². The fourth-order valence-electron chi connectivity index (χ4n) is 2.03. The Morgan fingerprint density at radius 2 is 2.00 bits per heavy atom. The lowest BCUT2D eigenvalue weighted by Crippen LogP contribution is -2.13. The summed E-state index contributed by atoms with van der Waals surface area (Å²) >= 11 is 4.31. The highest BCUT2D eigenvalue weighted by atomic mass is 79.9. The third-order valence-corrected chi connectivity index (χ3v) is 5.72. The molecule has 3 rings (SSSR count). The summed E-state index contributed by atoms with van der Waals surface area (Å²) in [6.45, 7) is 0. The first kappa shape index (κ1) is 17.0. The summed E-state index contributed by atoms with van der Waals surface area (Å²) in [5.41, 5.74) is 0.442. The first-order chi connectivity index (χ1) is 11.2. The van der Waals surface area contributed by atoms with Crippen molar-refractivity contribution in [2.45, 2.75) is 4.90 Å². The summed E-state index contributed by atoms with van der Waals surface area (Å²) in [6, 6.07) is 8.58. The lowest BCUT2D eigenvalue weighted by Gasteiger charge is -2.03.